The third-order valence-corrected chi connectivity index (χ3v) is 3.91. The molecule has 0 unspecified atom stereocenters. The predicted octanol–water partition coefficient (Wildman–Crippen LogP) is 2.95. The van der Waals surface area contributed by atoms with Crippen LogP contribution < -0.4 is 15.1 Å². The molecular weight excluding hydrogens is 330 g/mol. The molecule has 26 heavy (non-hydrogen) atoms. The van der Waals surface area contributed by atoms with Crippen LogP contribution in [0.1, 0.15) is 24.2 Å². The van der Waals surface area contributed by atoms with Gasteiger partial charge >= 0.3 is 0 Å². The quantitative estimate of drug-likeness (QED) is 0.811. The number of carbonyl (C=O) groups excluding carboxylic acids is 3. The van der Waals surface area contributed by atoms with Gasteiger partial charge in [-0.25, -0.2) is 0 Å². The molecule has 0 radical (unpaired) electrons. The van der Waals surface area contributed by atoms with Crippen molar-refractivity contribution in [2.45, 2.75) is 13.8 Å². The zero-order chi connectivity index (χ0) is 19.3. The minimum absolute atomic E-state index is 0.0764. The van der Waals surface area contributed by atoms with Crippen LogP contribution in [-0.4, -0.2) is 38.2 Å². The molecule has 0 aliphatic rings. The van der Waals surface area contributed by atoms with Gasteiger partial charge in [0, 0.05) is 43.6 Å². The predicted molar refractivity (Wildman–Crippen MR) is 104 cm³/mol. The maximum atomic E-state index is 12.4. The van der Waals surface area contributed by atoms with E-state index in [0.29, 0.717) is 16.9 Å². The summed E-state index contributed by atoms with van der Waals surface area (Å²) in [5.41, 5.74) is 2.69. The standard InChI is InChI=1S/C20H23N3O3/c1-14(24)16-6-5-7-17(12-16)21-20(26)13-23(15(2)25)19-10-8-18(9-11-19)22(3)4/h5-12H,13H2,1-4H3,(H,21,26). The number of amides is 2. The summed E-state index contributed by atoms with van der Waals surface area (Å²) in [6, 6.07) is 14.1. The van der Waals surface area contributed by atoms with Crippen LogP contribution in [-0.2, 0) is 9.59 Å². The molecule has 0 bridgehead atoms. The maximum Gasteiger partial charge on any atom is 0.244 e. The number of rotatable bonds is 6. The number of Topliss-reactive ketones (excluding diaryl/α,β-unsaturated/α-hetero) is 1. The van der Waals surface area contributed by atoms with E-state index in [4.69, 9.17) is 0 Å². The highest BCUT2D eigenvalue weighted by Gasteiger charge is 2.16. The molecule has 0 aliphatic heterocycles. The van der Waals surface area contributed by atoms with E-state index in [1.54, 1.807) is 36.4 Å². The Labute approximate surface area is 153 Å². The topological polar surface area (TPSA) is 69.7 Å². The van der Waals surface area contributed by atoms with Gasteiger partial charge in [-0.05, 0) is 43.3 Å². The van der Waals surface area contributed by atoms with Crippen LogP contribution in [0.15, 0.2) is 48.5 Å². The fourth-order valence-electron chi connectivity index (χ4n) is 2.48. The number of nitrogens with one attached hydrogen (secondary N) is 1. The first-order chi connectivity index (χ1) is 12.3. The first-order valence-corrected chi connectivity index (χ1v) is 8.24. The van der Waals surface area contributed by atoms with Crippen molar-refractivity contribution in [3.63, 3.8) is 0 Å². The Kier molecular flexibility index (Phi) is 6.11. The Balaban J connectivity index is 2.12. The smallest absolute Gasteiger partial charge is 0.244 e. The van der Waals surface area contributed by atoms with Crippen LogP contribution in [0.2, 0.25) is 0 Å². The molecule has 2 aromatic carbocycles. The zero-order valence-corrected chi connectivity index (χ0v) is 15.4. The Morgan fingerprint density at radius 3 is 2.08 bits per heavy atom. The second kappa shape index (κ2) is 8.29. The molecule has 0 saturated carbocycles. The molecule has 1 N–H and O–H groups in total. The molecule has 0 saturated heterocycles. The van der Waals surface area contributed by atoms with E-state index < -0.39 is 0 Å². The lowest BCUT2D eigenvalue weighted by Crippen LogP contribution is -2.36. The molecule has 2 aromatic rings. The summed E-state index contributed by atoms with van der Waals surface area (Å²) in [4.78, 5) is 39.1. The highest BCUT2D eigenvalue weighted by molar-refractivity contribution is 6.02. The fourth-order valence-corrected chi connectivity index (χ4v) is 2.48. The SMILES string of the molecule is CC(=O)c1cccc(NC(=O)CN(C(C)=O)c2ccc(N(C)C)cc2)c1. The lowest BCUT2D eigenvalue weighted by molar-refractivity contribution is -0.120. The van der Waals surface area contributed by atoms with Gasteiger partial charge in [0.05, 0.1) is 0 Å². The minimum Gasteiger partial charge on any atom is -0.378 e. The van der Waals surface area contributed by atoms with Gasteiger partial charge in [-0.2, -0.15) is 0 Å². The zero-order valence-electron chi connectivity index (χ0n) is 15.4. The molecule has 0 fully saturated rings. The summed E-state index contributed by atoms with van der Waals surface area (Å²) in [6.45, 7) is 2.78. The summed E-state index contributed by atoms with van der Waals surface area (Å²) < 4.78 is 0. The third kappa shape index (κ3) is 4.92. The molecule has 0 spiro atoms. The van der Waals surface area contributed by atoms with Crippen molar-refractivity contribution in [2.24, 2.45) is 0 Å². The first kappa shape index (κ1) is 19.2. The van der Waals surface area contributed by atoms with Gasteiger partial charge in [0.2, 0.25) is 11.8 Å². The van der Waals surface area contributed by atoms with E-state index in [0.717, 1.165) is 5.69 Å². The van der Waals surface area contributed by atoms with Crippen LogP contribution in [0, 0.1) is 0 Å². The highest BCUT2D eigenvalue weighted by Crippen LogP contribution is 2.20. The van der Waals surface area contributed by atoms with E-state index in [-0.39, 0.29) is 24.1 Å². The van der Waals surface area contributed by atoms with E-state index in [2.05, 4.69) is 5.32 Å². The Bertz CT molecular complexity index is 813. The number of hydrogen-bond donors (Lipinski definition) is 1. The molecule has 0 aliphatic carbocycles. The average Bonchev–Trinajstić information content (AvgIpc) is 2.59. The van der Waals surface area contributed by atoms with Gasteiger partial charge in [0.25, 0.3) is 0 Å². The first-order valence-electron chi connectivity index (χ1n) is 8.24. The Morgan fingerprint density at radius 2 is 1.54 bits per heavy atom. The van der Waals surface area contributed by atoms with Crippen molar-refractivity contribution < 1.29 is 14.4 Å². The van der Waals surface area contributed by atoms with E-state index >= 15 is 0 Å². The third-order valence-electron chi connectivity index (χ3n) is 3.91. The van der Waals surface area contributed by atoms with Gasteiger partial charge < -0.3 is 15.1 Å². The molecular formula is C20H23N3O3. The number of ketones is 1. The van der Waals surface area contributed by atoms with E-state index in [9.17, 15) is 14.4 Å². The lowest BCUT2D eigenvalue weighted by atomic mass is 10.1. The normalized spacial score (nSPS) is 10.2. The number of hydrogen-bond acceptors (Lipinski definition) is 4. The van der Waals surface area contributed by atoms with Crippen molar-refractivity contribution in [3.05, 3.63) is 54.1 Å². The van der Waals surface area contributed by atoms with Crippen LogP contribution in [0.3, 0.4) is 0 Å². The summed E-state index contributed by atoms with van der Waals surface area (Å²) in [5, 5.41) is 2.73. The minimum atomic E-state index is -0.336. The number of carbonyl (C=O) groups is 3. The van der Waals surface area contributed by atoms with Gasteiger partial charge in [-0.1, -0.05) is 12.1 Å². The Morgan fingerprint density at radius 1 is 0.923 bits per heavy atom. The second-order valence-corrected chi connectivity index (χ2v) is 6.20. The number of benzene rings is 2. The van der Waals surface area contributed by atoms with Crippen molar-refractivity contribution >= 4 is 34.7 Å². The molecule has 2 rings (SSSR count). The average molecular weight is 353 g/mol. The molecule has 2 amide bonds. The van der Waals surface area contributed by atoms with Crippen LogP contribution in [0.25, 0.3) is 0 Å². The summed E-state index contributed by atoms with van der Waals surface area (Å²) >= 11 is 0. The van der Waals surface area contributed by atoms with E-state index in [1.165, 1.54) is 18.7 Å². The summed E-state index contributed by atoms with van der Waals surface area (Å²) in [6.07, 6.45) is 0. The summed E-state index contributed by atoms with van der Waals surface area (Å²) in [5.74, 6) is -0.639. The van der Waals surface area contributed by atoms with E-state index in [1.807, 2.05) is 31.1 Å². The largest absolute Gasteiger partial charge is 0.378 e. The Hall–Kier alpha value is -3.15. The maximum absolute atomic E-state index is 12.4. The second-order valence-electron chi connectivity index (χ2n) is 6.20. The molecule has 0 aromatic heterocycles. The molecule has 136 valence electrons. The molecule has 0 heterocycles. The van der Waals surface area contributed by atoms with Crippen molar-refractivity contribution in [1.82, 2.24) is 0 Å². The van der Waals surface area contributed by atoms with Gasteiger partial charge in [0.1, 0.15) is 6.54 Å². The van der Waals surface area contributed by atoms with Gasteiger partial charge in [-0.3, -0.25) is 14.4 Å². The highest BCUT2D eigenvalue weighted by atomic mass is 16.2. The van der Waals surface area contributed by atoms with Crippen molar-refractivity contribution in [3.8, 4) is 0 Å². The van der Waals surface area contributed by atoms with Crippen LogP contribution >= 0.6 is 0 Å². The molecule has 6 heteroatoms. The van der Waals surface area contributed by atoms with Crippen molar-refractivity contribution in [1.29, 1.82) is 0 Å². The van der Waals surface area contributed by atoms with Gasteiger partial charge in [-0.15, -0.1) is 0 Å². The van der Waals surface area contributed by atoms with Crippen LogP contribution in [0.4, 0.5) is 17.1 Å². The number of nitrogens with zero attached hydrogens (tertiary/aromatic N) is 2. The fraction of sp³-hybridized carbons (Fsp3) is 0.250. The monoisotopic (exact) mass is 353 g/mol. The van der Waals surface area contributed by atoms with Crippen molar-refractivity contribution in [2.75, 3.05) is 35.8 Å². The number of anilines is 3. The molecule has 6 nitrogen and oxygen atoms in total. The molecule has 0 atom stereocenters. The van der Waals surface area contributed by atoms with Gasteiger partial charge in [0.15, 0.2) is 5.78 Å². The van der Waals surface area contributed by atoms with Crippen LogP contribution in [0.5, 0.6) is 0 Å². The summed E-state index contributed by atoms with van der Waals surface area (Å²) in [7, 11) is 3.86. The lowest BCUT2D eigenvalue weighted by Gasteiger charge is -2.22.